The van der Waals surface area contributed by atoms with Crippen molar-refractivity contribution >= 4 is 28.4 Å². The van der Waals surface area contributed by atoms with Crippen molar-refractivity contribution in [2.75, 3.05) is 13.1 Å². The van der Waals surface area contributed by atoms with Crippen LogP contribution in [0.5, 0.6) is 0 Å². The Morgan fingerprint density at radius 2 is 2.35 bits per heavy atom. The fourth-order valence-corrected chi connectivity index (χ4v) is 1.76. The summed E-state index contributed by atoms with van der Waals surface area (Å²) in [4.78, 5) is 11.8. The third-order valence-electron chi connectivity index (χ3n) is 2.35. The molecule has 1 heterocycles. The van der Waals surface area contributed by atoms with Crippen LogP contribution in [0.2, 0.25) is 5.02 Å². The maximum atomic E-state index is 11.8. The van der Waals surface area contributed by atoms with Crippen molar-refractivity contribution in [2.45, 2.75) is 0 Å². The fraction of sp³-hybridized carbons (Fsp3) is 0.154. The van der Waals surface area contributed by atoms with Gasteiger partial charge in [-0.2, -0.15) is 0 Å². The van der Waals surface area contributed by atoms with Gasteiger partial charge in [0.15, 0.2) is 11.3 Å². The minimum Gasteiger partial charge on any atom is -0.451 e. The number of ketones is 1. The Bertz CT molecular complexity index is 560. The Morgan fingerprint density at radius 3 is 3.06 bits per heavy atom. The topological polar surface area (TPSA) is 42.2 Å². The lowest BCUT2D eigenvalue weighted by molar-refractivity contribution is 0.0968. The molecule has 0 aliphatic carbocycles. The highest BCUT2D eigenvalue weighted by Crippen LogP contribution is 2.26. The summed E-state index contributed by atoms with van der Waals surface area (Å²) in [6, 6.07) is 7.12. The lowest BCUT2D eigenvalue weighted by atomic mass is 10.2. The number of fused-ring (bicyclic) bond motifs is 1. The molecule has 88 valence electrons. The maximum absolute atomic E-state index is 11.8. The van der Waals surface area contributed by atoms with Crippen molar-refractivity contribution in [1.82, 2.24) is 5.32 Å². The molecular formula is C13H12ClNO2. The van der Waals surface area contributed by atoms with Crippen molar-refractivity contribution in [2.24, 2.45) is 0 Å². The van der Waals surface area contributed by atoms with E-state index in [2.05, 4.69) is 11.9 Å². The van der Waals surface area contributed by atoms with Crippen LogP contribution >= 0.6 is 11.6 Å². The number of para-hydroxylation sites is 1. The summed E-state index contributed by atoms with van der Waals surface area (Å²) in [7, 11) is 0. The van der Waals surface area contributed by atoms with Crippen molar-refractivity contribution in [1.29, 1.82) is 0 Å². The Hall–Kier alpha value is -1.58. The monoisotopic (exact) mass is 249 g/mol. The van der Waals surface area contributed by atoms with E-state index in [1.165, 1.54) is 0 Å². The summed E-state index contributed by atoms with van der Waals surface area (Å²) < 4.78 is 5.44. The summed E-state index contributed by atoms with van der Waals surface area (Å²) >= 11 is 5.97. The first kappa shape index (κ1) is 11.9. The number of carbonyl (C=O) groups is 1. The summed E-state index contributed by atoms with van der Waals surface area (Å²) in [5, 5.41) is 4.28. The third kappa shape index (κ3) is 2.57. The van der Waals surface area contributed by atoms with E-state index >= 15 is 0 Å². The average molecular weight is 250 g/mol. The van der Waals surface area contributed by atoms with Gasteiger partial charge in [0.05, 0.1) is 11.6 Å². The van der Waals surface area contributed by atoms with Gasteiger partial charge >= 0.3 is 0 Å². The van der Waals surface area contributed by atoms with E-state index in [4.69, 9.17) is 16.0 Å². The van der Waals surface area contributed by atoms with Crippen LogP contribution in [0, 0.1) is 0 Å². The Morgan fingerprint density at radius 1 is 1.53 bits per heavy atom. The Kier molecular flexibility index (Phi) is 3.61. The first-order valence-corrected chi connectivity index (χ1v) is 5.63. The highest BCUT2D eigenvalue weighted by Gasteiger charge is 2.12. The van der Waals surface area contributed by atoms with Gasteiger partial charge in [-0.3, -0.25) is 4.79 Å². The minimum atomic E-state index is -0.0980. The van der Waals surface area contributed by atoms with E-state index in [0.717, 1.165) is 5.39 Å². The van der Waals surface area contributed by atoms with Crippen molar-refractivity contribution in [3.05, 3.63) is 47.7 Å². The molecule has 1 aromatic carbocycles. The number of halogens is 1. The van der Waals surface area contributed by atoms with Gasteiger partial charge in [0.1, 0.15) is 0 Å². The molecule has 0 aliphatic rings. The molecule has 0 fully saturated rings. The van der Waals surface area contributed by atoms with E-state index in [-0.39, 0.29) is 12.3 Å². The van der Waals surface area contributed by atoms with Crippen LogP contribution in [-0.4, -0.2) is 18.9 Å². The summed E-state index contributed by atoms with van der Waals surface area (Å²) in [6.07, 6.45) is 1.70. The number of hydrogen-bond donors (Lipinski definition) is 1. The largest absolute Gasteiger partial charge is 0.451 e. The van der Waals surface area contributed by atoms with Gasteiger partial charge in [-0.1, -0.05) is 29.8 Å². The predicted octanol–water partition coefficient (Wildman–Crippen LogP) is 3.04. The Labute approximate surface area is 104 Å². The summed E-state index contributed by atoms with van der Waals surface area (Å²) in [5.74, 6) is 0.226. The number of furan rings is 1. The van der Waals surface area contributed by atoms with Crippen LogP contribution in [0.3, 0.4) is 0 Å². The van der Waals surface area contributed by atoms with Crippen LogP contribution in [0.1, 0.15) is 10.6 Å². The Balaban J connectivity index is 2.21. The van der Waals surface area contributed by atoms with Gasteiger partial charge in [-0.05, 0) is 12.1 Å². The second-order valence-electron chi connectivity index (χ2n) is 3.61. The standard InChI is InChI=1S/C13H12ClNO2/c1-2-6-15-8-11(16)12-7-9-4-3-5-10(14)13(9)17-12/h2-5,7,15H,1,6,8H2. The summed E-state index contributed by atoms with van der Waals surface area (Å²) in [6.45, 7) is 4.38. The van der Waals surface area contributed by atoms with E-state index in [1.807, 2.05) is 12.1 Å². The molecule has 4 heteroatoms. The molecule has 17 heavy (non-hydrogen) atoms. The number of hydrogen-bond acceptors (Lipinski definition) is 3. The summed E-state index contributed by atoms with van der Waals surface area (Å²) in [5.41, 5.74) is 0.557. The second kappa shape index (κ2) is 5.17. The molecule has 0 bridgehead atoms. The molecule has 3 nitrogen and oxygen atoms in total. The van der Waals surface area contributed by atoms with Gasteiger partial charge in [-0.15, -0.1) is 6.58 Å². The van der Waals surface area contributed by atoms with E-state index in [9.17, 15) is 4.79 Å². The van der Waals surface area contributed by atoms with Gasteiger partial charge < -0.3 is 9.73 Å². The molecular weight excluding hydrogens is 238 g/mol. The molecule has 0 amide bonds. The molecule has 1 N–H and O–H groups in total. The number of carbonyl (C=O) groups excluding carboxylic acids is 1. The van der Waals surface area contributed by atoms with Gasteiger partial charge in [0, 0.05) is 11.9 Å². The molecule has 0 saturated carbocycles. The molecule has 0 atom stereocenters. The normalized spacial score (nSPS) is 10.6. The minimum absolute atomic E-state index is 0.0980. The first-order chi connectivity index (χ1) is 8.22. The van der Waals surface area contributed by atoms with Crippen LogP contribution in [0.4, 0.5) is 0 Å². The lowest BCUT2D eigenvalue weighted by Crippen LogP contribution is -2.22. The van der Waals surface area contributed by atoms with Crippen LogP contribution in [-0.2, 0) is 0 Å². The zero-order valence-corrected chi connectivity index (χ0v) is 9.96. The van der Waals surface area contributed by atoms with Gasteiger partial charge in [-0.25, -0.2) is 0 Å². The van der Waals surface area contributed by atoms with Gasteiger partial charge in [0.25, 0.3) is 0 Å². The highest BCUT2D eigenvalue weighted by molar-refractivity contribution is 6.34. The van der Waals surface area contributed by atoms with E-state index in [0.29, 0.717) is 22.9 Å². The van der Waals surface area contributed by atoms with E-state index < -0.39 is 0 Å². The zero-order valence-electron chi connectivity index (χ0n) is 9.20. The van der Waals surface area contributed by atoms with Crippen LogP contribution in [0.25, 0.3) is 11.0 Å². The third-order valence-corrected chi connectivity index (χ3v) is 2.64. The quantitative estimate of drug-likeness (QED) is 0.503. The van der Waals surface area contributed by atoms with E-state index in [1.54, 1.807) is 18.2 Å². The smallest absolute Gasteiger partial charge is 0.211 e. The number of benzene rings is 1. The number of nitrogens with one attached hydrogen (secondary N) is 1. The maximum Gasteiger partial charge on any atom is 0.211 e. The van der Waals surface area contributed by atoms with Gasteiger partial charge in [0.2, 0.25) is 5.78 Å². The molecule has 0 aliphatic heterocycles. The molecule has 0 unspecified atom stereocenters. The highest BCUT2D eigenvalue weighted by atomic mass is 35.5. The SMILES string of the molecule is C=CCNCC(=O)c1cc2cccc(Cl)c2o1. The molecule has 2 aromatic rings. The van der Waals surface area contributed by atoms with Crippen LogP contribution in [0.15, 0.2) is 41.3 Å². The molecule has 0 spiro atoms. The second-order valence-corrected chi connectivity index (χ2v) is 4.02. The van der Waals surface area contributed by atoms with Crippen molar-refractivity contribution in [3.8, 4) is 0 Å². The van der Waals surface area contributed by atoms with Crippen LogP contribution < -0.4 is 5.32 Å². The fourth-order valence-electron chi connectivity index (χ4n) is 1.54. The lowest BCUT2D eigenvalue weighted by Gasteiger charge is -1.97. The molecule has 2 rings (SSSR count). The van der Waals surface area contributed by atoms with Crippen molar-refractivity contribution < 1.29 is 9.21 Å². The first-order valence-electron chi connectivity index (χ1n) is 5.25. The van der Waals surface area contributed by atoms with Crippen molar-refractivity contribution in [3.63, 3.8) is 0 Å². The number of Topliss-reactive ketones (excluding diaryl/α,β-unsaturated/α-hetero) is 1. The zero-order chi connectivity index (χ0) is 12.3. The number of rotatable bonds is 5. The average Bonchev–Trinajstić information content (AvgIpc) is 2.75. The molecule has 0 radical (unpaired) electrons. The predicted molar refractivity (Wildman–Crippen MR) is 68.6 cm³/mol. The molecule has 0 saturated heterocycles. The molecule has 1 aromatic heterocycles.